The van der Waals surface area contributed by atoms with E-state index in [-0.39, 0.29) is 5.76 Å². The smallest absolute Gasteiger partial charge is 0.422 e. The molecule has 19 heavy (non-hydrogen) atoms. The zero-order valence-corrected chi connectivity index (χ0v) is 12.7. The quantitative estimate of drug-likeness (QED) is 0.375. The summed E-state index contributed by atoms with van der Waals surface area (Å²) in [5.74, 6) is 2.52. The van der Waals surface area contributed by atoms with Crippen molar-refractivity contribution in [1.82, 2.24) is 0 Å². The van der Waals surface area contributed by atoms with Gasteiger partial charge >= 0.3 is 6.18 Å². The van der Waals surface area contributed by atoms with Crippen molar-refractivity contribution in [3.05, 3.63) is 23.5 Å². The summed E-state index contributed by atoms with van der Waals surface area (Å²) >= 11 is 0. The fourth-order valence-electron chi connectivity index (χ4n) is 0.718. The molecule has 0 saturated carbocycles. The highest BCUT2D eigenvalue weighted by Crippen LogP contribution is 2.17. The van der Waals surface area contributed by atoms with Gasteiger partial charge in [0.05, 0.1) is 0 Å². The Kier molecular flexibility index (Phi) is 17.6. The third-order valence-electron chi connectivity index (χ3n) is 1.63. The van der Waals surface area contributed by atoms with Gasteiger partial charge < -0.3 is 4.74 Å². The molecule has 0 aromatic carbocycles. The van der Waals surface area contributed by atoms with Crippen LogP contribution in [0.1, 0.15) is 48.0 Å². The molecule has 0 aliphatic carbocycles. The molecule has 0 bridgehead atoms. The molecule has 0 fully saturated rings. The first-order valence-electron chi connectivity index (χ1n) is 6.21. The SMILES string of the molecule is C#CC.C/C=C(\C=C(/C)CC)OCC(F)(F)F.CC. The summed E-state index contributed by atoms with van der Waals surface area (Å²) < 4.78 is 40.0. The van der Waals surface area contributed by atoms with Crippen LogP contribution in [0, 0.1) is 12.3 Å². The Labute approximate surface area is 115 Å². The van der Waals surface area contributed by atoms with Crippen LogP contribution < -0.4 is 0 Å². The summed E-state index contributed by atoms with van der Waals surface area (Å²) in [4.78, 5) is 0. The lowest BCUT2D eigenvalue weighted by molar-refractivity contribution is -0.163. The maximum Gasteiger partial charge on any atom is 0.422 e. The van der Waals surface area contributed by atoms with Crippen LogP contribution in [-0.4, -0.2) is 12.8 Å². The molecule has 0 aliphatic heterocycles. The molecule has 0 N–H and O–H groups in total. The van der Waals surface area contributed by atoms with Crippen molar-refractivity contribution in [1.29, 1.82) is 0 Å². The van der Waals surface area contributed by atoms with Gasteiger partial charge in [0.25, 0.3) is 0 Å². The third kappa shape index (κ3) is 22.3. The van der Waals surface area contributed by atoms with Crippen LogP contribution in [0.2, 0.25) is 0 Å². The zero-order valence-electron chi connectivity index (χ0n) is 12.7. The van der Waals surface area contributed by atoms with E-state index in [2.05, 4.69) is 17.1 Å². The van der Waals surface area contributed by atoms with E-state index in [1.807, 2.05) is 27.7 Å². The van der Waals surface area contributed by atoms with E-state index in [0.717, 1.165) is 12.0 Å². The molecule has 0 amide bonds. The predicted octanol–water partition coefficient (Wildman–Crippen LogP) is 5.49. The summed E-state index contributed by atoms with van der Waals surface area (Å²) in [5, 5.41) is 0. The average Bonchev–Trinajstić information content (AvgIpc) is 2.36. The van der Waals surface area contributed by atoms with Gasteiger partial charge in [0.2, 0.25) is 0 Å². The van der Waals surface area contributed by atoms with E-state index in [0.29, 0.717) is 0 Å². The Bertz CT molecular complexity index is 293. The van der Waals surface area contributed by atoms with E-state index in [1.54, 1.807) is 19.9 Å². The van der Waals surface area contributed by atoms with E-state index in [1.165, 1.54) is 6.08 Å². The van der Waals surface area contributed by atoms with Crippen molar-refractivity contribution in [2.24, 2.45) is 0 Å². The van der Waals surface area contributed by atoms with E-state index < -0.39 is 12.8 Å². The van der Waals surface area contributed by atoms with Crippen molar-refractivity contribution in [3.8, 4) is 12.3 Å². The Morgan fingerprint density at radius 1 is 1.32 bits per heavy atom. The third-order valence-corrected chi connectivity index (χ3v) is 1.63. The molecule has 0 saturated heterocycles. The highest BCUT2D eigenvalue weighted by atomic mass is 19.4. The second-order valence-electron chi connectivity index (χ2n) is 3.23. The number of hydrogen-bond acceptors (Lipinski definition) is 1. The predicted molar refractivity (Wildman–Crippen MR) is 75.7 cm³/mol. The largest absolute Gasteiger partial charge is 0.484 e. The first-order chi connectivity index (χ1) is 8.80. The molecule has 0 radical (unpaired) electrons. The molecule has 0 aromatic rings. The number of halogens is 3. The van der Waals surface area contributed by atoms with Gasteiger partial charge in [-0.3, -0.25) is 0 Å². The van der Waals surface area contributed by atoms with Crippen molar-refractivity contribution >= 4 is 0 Å². The molecule has 0 unspecified atom stereocenters. The van der Waals surface area contributed by atoms with Crippen LogP contribution in [0.4, 0.5) is 13.2 Å². The van der Waals surface area contributed by atoms with Crippen LogP contribution in [-0.2, 0) is 4.74 Å². The minimum Gasteiger partial charge on any atom is -0.484 e. The number of allylic oxidation sites excluding steroid dienone is 3. The number of hydrogen-bond donors (Lipinski definition) is 0. The van der Waals surface area contributed by atoms with Gasteiger partial charge in [-0.05, 0) is 39.3 Å². The number of rotatable bonds is 4. The second-order valence-corrected chi connectivity index (χ2v) is 3.23. The number of alkyl halides is 3. The maximum absolute atomic E-state index is 11.8. The van der Waals surface area contributed by atoms with E-state index in [4.69, 9.17) is 0 Å². The van der Waals surface area contributed by atoms with Gasteiger partial charge in [0.1, 0.15) is 5.76 Å². The van der Waals surface area contributed by atoms with Crippen molar-refractivity contribution in [3.63, 3.8) is 0 Å². The van der Waals surface area contributed by atoms with Crippen molar-refractivity contribution in [2.45, 2.75) is 54.1 Å². The maximum atomic E-state index is 11.8. The van der Waals surface area contributed by atoms with Crippen LogP contribution in [0.5, 0.6) is 0 Å². The van der Waals surface area contributed by atoms with Crippen LogP contribution >= 0.6 is 0 Å². The van der Waals surface area contributed by atoms with Gasteiger partial charge in [0, 0.05) is 0 Å². The van der Waals surface area contributed by atoms with Crippen molar-refractivity contribution in [2.75, 3.05) is 6.61 Å². The Morgan fingerprint density at radius 3 is 2.00 bits per heavy atom. The highest BCUT2D eigenvalue weighted by molar-refractivity contribution is 5.16. The lowest BCUT2D eigenvalue weighted by atomic mass is 10.2. The summed E-state index contributed by atoms with van der Waals surface area (Å²) in [6.45, 7) is 9.84. The monoisotopic (exact) mass is 278 g/mol. The molecule has 0 rings (SSSR count). The van der Waals surface area contributed by atoms with E-state index >= 15 is 0 Å². The molecule has 4 heteroatoms. The van der Waals surface area contributed by atoms with Gasteiger partial charge in [-0.15, -0.1) is 12.3 Å². The first-order valence-corrected chi connectivity index (χ1v) is 6.21. The summed E-state index contributed by atoms with van der Waals surface area (Å²) in [5.41, 5.74) is 0.986. The fraction of sp³-hybridized carbons (Fsp3) is 0.600. The first kappa shape index (κ1) is 22.8. The molecule has 0 heterocycles. The number of ether oxygens (including phenoxy) is 1. The van der Waals surface area contributed by atoms with Crippen LogP contribution in [0.15, 0.2) is 23.5 Å². The van der Waals surface area contributed by atoms with Crippen molar-refractivity contribution < 1.29 is 17.9 Å². The average molecular weight is 278 g/mol. The minimum absolute atomic E-state index is 0.265. The molecule has 0 aromatic heterocycles. The summed E-state index contributed by atoms with van der Waals surface area (Å²) in [7, 11) is 0. The Morgan fingerprint density at radius 2 is 1.74 bits per heavy atom. The second kappa shape index (κ2) is 14.7. The van der Waals surface area contributed by atoms with Gasteiger partial charge in [0.15, 0.2) is 6.61 Å². The standard InChI is InChI=1S/C10H15F3O.C3H4.C2H6/c1-4-8(3)6-9(5-2)14-7-10(11,12)13;1-3-2;1-2/h5-6H,4,7H2,1-3H3;1H,2H3;1-2H3/b8-6+,9-5+;;. The normalized spacial score (nSPS) is 11.4. The minimum atomic E-state index is -4.28. The highest BCUT2D eigenvalue weighted by Gasteiger charge is 2.28. The zero-order chi connectivity index (χ0) is 15.9. The molecule has 112 valence electrons. The van der Waals surface area contributed by atoms with Gasteiger partial charge in [-0.25, -0.2) is 0 Å². The summed E-state index contributed by atoms with van der Waals surface area (Å²) in [6.07, 6.45) is 4.26. The molecule has 0 atom stereocenters. The van der Waals surface area contributed by atoms with Gasteiger partial charge in [-0.1, -0.05) is 26.3 Å². The molecule has 1 nitrogen and oxygen atoms in total. The number of terminal acetylenes is 1. The molecular formula is C15H25F3O. The Hall–Kier alpha value is -1.37. The lowest BCUT2D eigenvalue weighted by Gasteiger charge is -2.10. The molecule has 0 aliphatic rings. The topological polar surface area (TPSA) is 9.23 Å². The van der Waals surface area contributed by atoms with E-state index in [9.17, 15) is 13.2 Å². The van der Waals surface area contributed by atoms with Crippen LogP contribution in [0.3, 0.4) is 0 Å². The van der Waals surface area contributed by atoms with Crippen LogP contribution in [0.25, 0.3) is 0 Å². The van der Waals surface area contributed by atoms with Gasteiger partial charge in [-0.2, -0.15) is 13.2 Å². The summed E-state index contributed by atoms with van der Waals surface area (Å²) in [6, 6.07) is 0. The molecule has 0 spiro atoms. The Balaban J connectivity index is -0.000000445. The molecular weight excluding hydrogens is 253 g/mol. The fourth-order valence-corrected chi connectivity index (χ4v) is 0.718. The lowest BCUT2D eigenvalue weighted by Crippen LogP contribution is -2.16.